The highest BCUT2D eigenvalue weighted by Gasteiger charge is 2.27. The zero-order valence-electron chi connectivity index (χ0n) is 59.4. The minimum Gasteiger partial charge on any atom is -0.462 e. The molecule has 10 heteroatoms. The van der Waals surface area contributed by atoms with Crippen molar-refractivity contribution in [2.75, 3.05) is 47.5 Å². The summed E-state index contributed by atoms with van der Waals surface area (Å²) in [7, 11) is 1.48. The van der Waals surface area contributed by atoms with Gasteiger partial charge in [0.2, 0.25) is 0 Å². The third-order valence-corrected chi connectivity index (χ3v) is 17.3. The van der Waals surface area contributed by atoms with Crippen LogP contribution < -0.4 is 0 Å². The number of nitrogens with zero attached hydrogens (tertiary/aromatic N) is 1. The van der Waals surface area contributed by atoms with Crippen LogP contribution in [-0.2, 0) is 32.7 Å². The molecular formula is C80H143NO8P+. The Hall–Kier alpha value is -3.33. The molecule has 2 unspecified atom stereocenters. The van der Waals surface area contributed by atoms with Gasteiger partial charge in [-0.15, -0.1) is 0 Å². The maximum atomic E-state index is 12.9. The van der Waals surface area contributed by atoms with E-state index >= 15 is 0 Å². The van der Waals surface area contributed by atoms with Crippen LogP contribution in [0, 0.1) is 0 Å². The Balaban J connectivity index is 3.95. The molecule has 0 bridgehead atoms. The highest BCUT2D eigenvalue weighted by Crippen LogP contribution is 2.43. The molecule has 0 fully saturated rings. The number of phosphoric acid groups is 1. The third kappa shape index (κ3) is 73.7. The molecule has 1 N–H and O–H groups in total. The minimum atomic E-state index is -4.40. The Morgan fingerprint density at radius 1 is 0.344 bits per heavy atom. The van der Waals surface area contributed by atoms with Crippen LogP contribution in [-0.4, -0.2) is 74.9 Å². The second-order valence-electron chi connectivity index (χ2n) is 26.3. The summed E-state index contributed by atoms with van der Waals surface area (Å²) < 4.78 is 34.8. The van der Waals surface area contributed by atoms with E-state index in [0.29, 0.717) is 17.4 Å². The molecule has 0 saturated carbocycles. The largest absolute Gasteiger partial charge is 0.472 e. The van der Waals surface area contributed by atoms with Gasteiger partial charge in [0.05, 0.1) is 27.7 Å². The van der Waals surface area contributed by atoms with Crippen LogP contribution in [0.1, 0.15) is 335 Å². The van der Waals surface area contributed by atoms with E-state index in [4.69, 9.17) is 18.5 Å². The van der Waals surface area contributed by atoms with Gasteiger partial charge in [0, 0.05) is 12.8 Å². The molecule has 0 aliphatic heterocycles. The van der Waals surface area contributed by atoms with Crippen molar-refractivity contribution in [2.45, 2.75) is 341 Å². The Kier molecular flexibility index (Phi) is 67.4. The summed E-state index contributed by atoms with van der Waals surface area (Å²) in [5, 5.41) is 0. The van der Waals surface area contributed by atoms with Gasteiger partial charge in [0.15, 0.2) is 6.10 Å². The standard InChI is InChI=1S/C80H142NO8P/c1-6-8-10-12-14-16-18-20-22-24-26-28-30-32-34-35-36-37-38-39-40-41-42-43-44-45-47-49-51-53-55-57-59-61-63-65-67-69-71-73-80(83)89-78(77-88-90(84,85)87-75-74-81(3,4)5)76-86-79(82)72-70-68-66-64-62-60-58-56-54-52-50-48-46-33-31-29-27-25-23-21-19-17-15-13-11-9-7-2/h8-11,14-17,20-23,26-29,32,34,78H,6-7,12-13,18-19,24-25,30-31,33,35-77H2,1-5H3/p+1/b10-8-,11-9-,16-14-,17-15-,22-20-,23-21-,28-26-,29-27-,34-32-. The predicted octanol–water partition coefficient (Wildman–Crippen LogP) is 24.8. The van der Waals surface area contributed by atoms with Gasteiger partial charge in [-0.25, -0.2) is 4.57 Å². The topological polar surface area (TPSA) is 108 Å². The van der Waals surface area contributed by atoms with Crippen molar-refractivity contribution in [2.24, 2.45) is 0 Å². The van der Waals surface area contributed by atoms with Crippen molar-refractivity contribution in [1.29, 1.82) is 0 Å². The molecule has 0 aliphatic carbocycles. The lowest BCUT2D eigenvalue weighted by Gasteiger charge is -2.24. The molecule has 0 aromatic carbocycles. The monoisotopic (exact) mass is 1280 g/mol. The lowest BCUT2D eigenvalue weighted by atomic mass is 10.0. The van der Waals surface area contributed by atoms with Crippen LogP contribution in [0.2, 0.25) is 0 Å². The molecule has 0 radical (unpaired) electrons. The molecule has 520 valence electrons. The fourth-order valence-electron chi connectivity index (χ4n) is 10.6. The summed E-state index contributed by atoms with van der Waals surface area (Å²) in [5.41, 5.74) is 0. The summed E-state index contributed by atoms with van der Waals surface area (Å²) in [4.78, 5) is 35.9. The van der Waals surface area contributed by atoms with Crippen molar-refractivity contribution in [3.8, 4) is 0 Å². The first-order valence-corrected chi connectivity index (χ1v) is 39.1. The van der Waals surface area contributed by atoms with E-state index in [1.165, 1.54) is 212 Å². The van der Waals surface area contributed by atoms with Gasteiger partial charge in [0.1, 0.15) is 19.8 Å². The average molecular weight is 1280 g/mol. The first kappa shape index (κ1) is 86.7. The Labute approximate surface area is 556 Å². The van der Waals surface area contributed by atoms with Gasteiger partial charge < -0.3 is 18.9 Å². The zero-order valence-corrected chi connectivity index (χ0v) is 60.2. The Morgan fingerprint density at radius 3 is 0.889 bits per heavy atom. The first-order chi connectivity index (χ1) is 44.0. The Bertz CT molecular complexity index is 1890. The van der Waals surface area contributed by atoms with E-state index in [-0.39, 0.29) is 32.0 Å². The molecule has 2 atom stereocenters. The molecule has 0 amide bonds. The van der Waals surface area contributed by atoms with E-state index in [9.17, 15) is 19.0 Å². The number of hydrogen-bond acceptors (Lipinski definition) is 7. The number of esters is 2. The van der Waals surface area contributed by atoms with Gasteiger partial charge >= 0.3 is 19.8 Å². The minimum absolute atomic E-state index is 0.0304. The number of allylic oxidation sites excluding steroid dienone is 18. The quantitative estimate of drug-likeness (QED) is 0.0211. The molecule has 0 aromatic rings. The number of hydrogen-bond donors (Lipinski definition) is 1. The van der Waals surface area contributed by atoms with Gasteiger partial charge in [-0.3, -0.25) is 18.6 Å². The molecule has 0 rings (SSSR count). The molecule has 9 nitrogen and oxygen atoms in total. The fraction of sp³-hybridized carbons (Fsp3) is 0.750. The number of quaternary nitrogens is 1. The molecule has 0 aliphatic rings. The third-order valence-electron chi connectivity index (χ3n) is 16.3. The van der Waals surface area contributed by atoms with Crippen molar-refractivity contribution in [3.63, 3.8) is 0 Å². The van der Waals surface area contributed by atoms with Crippen molar-refractivity contribution < 1.29 is 42.1 Å². The molecule has 0 heterocycles. The Morgan fingerprint density at radius 2 is 0.600 bits per heavy atom. The van der Waals surface area contributed by atoms with Gasteiger partial charge in [-0.05, 0) is 96.3 Å². The highest BCUT2D eigenvalue weighted by atomic mass is 31.2. The zero-order chi connectivity index (χ0) is 65.5. The van der Waals surface area contributed by atoms with Crippen LogP contribution >= 0.6 is 7.82 Å². The van der Waals surface area contributed by atoms with Crippen LogP contribution in [0.5, 0.6) is 0 Å². The molecular weight excluding hydrogens is 1130 g/mol. The predicted molar refractivity (Wildman–Crippen MR) is 390 cm³/mol. The number of rotatable bonds is 69. The van der Waals surface area contributed by atoms with E-state index in [0.717, 1.165) is 89.9 Å². The summed E-state index contributed by atoms with van der Waals surface area (Å²) in [5.74, 6) is -0.786. The highest BCUT2D eigenvalue weighted by molar-refractivity contribution is 7.47. The number of phosphoric ester groups is 1. The SMILES string of the molecule is CC/C=C\C/C=C\C/C=C\C/C=C\C/C=C\CCCCCCCCCCCCCCCCCCCCCCCCCC(=O)OC(COC(=O)CCCCCCCCCCCCCCCC/C=C\C/C=C\C/C=C\C/C=C\CC)COP(=O)(O)OCC[N+](C)(C)C. The number of carbonyl (C=O) groups excluding carboxylic acids is 2. The summed E-state index contributed by atoms with van der Waals surface area (Å²) >= 11 is 0. The van der Waals surface area contributed by atoms with Gasteiger partial charge in [-0.1, -0.05) is 335 Å². The smallest absolute Gasteiger partial charge is 0.462 e. The normalized spacial score (nSPS) is 13.7. The second-order valence-corrected chi connectivity index (χ2v) is 27.7. The maximum absolute atomic E-state index is 12.9. The van der Waals surface area contributed by atoms with E-state index in [1.54, 1.807) is 0 Å². The summed E-state index contributed by atoms with van der Waals surface area (Å²) in [6.07, 6.45) is 99.3. The second kappa shape index (κ2) is 70.0. The number of likely N-dealkylation sites (N-methyl/N-ethyl adjacent to an activating group) is 1. The molecule has 0 spiro atoms. The number of ether oxygens (including phenoxy) is 2. The van der Waals surface area contributed by atoms with Crippen molar-refractivity contribution in [1.82, 2.24) is 0 Å². The number of unbranched alkanes of at least 4 members (excludes halogenated alkanes) is 37. The first-order valence-electron chi connectivity index (χ1n) is 37.6. The van der Waals surface area contributed by atoms with Crippen molar-refractivity contribution >= 4 is 19.8 Å². The van der Waals surface area contributed by atoms with Gasteiger partial charge in [0.25, 0.3) is 0 Å². The maximum Gasteiger partial charge on any atom is 0.472 e. The lowest BCUT2D eigenvalue weighted by molar-refractivity contribution is -0.870. The van der Waals surface area contributed by atoms with Crippen LogP contribution in [0.4, 0.5) is 0 Å². The summed E-state index contributed by atoms with van der Waals surface area (Å²) in [6.45, 7) is 4.25. The molecule has 0 saturated heterocycles. The average Bonchev–Trinajstić information content (AvgIpc) is 3.58. The van der Waals surface area contributed by atoms with E-state index in [1.807, 2.05) is 21.1 Å². The van der Waals surface area contributed by atoms with Gasteiger partial charge in [-0.2, -0.15) is 0 Å². The van der Waals surface area contributed by atoms with Crippen LogP contribution in [0.15, 0.2) is 109 Å². The number of carbonyl (C=O) groups is 2. The van der Waals surface area contributed by atoms with Crippen LogP contribution in [0.3, 0.4) is 0 Å². The van der Waals surface area contributed by atoms with E-state index < -0.39 is 26.5 Å². The van der Waals surface area contributed by atoms with Crippen LogP contribution in [0.25, 0.3) is 0 Å². The van der Waals surface area contributed by atoms with E-state index in [2.05, 4.69) is 123 Å². The lowest BCUT2D eigenvalue weighted by Crippen LogP contribution is -2.37. The molecule has 90 heavy (non-hydrogen) atoms. The molecule has 0 aromatic heterocycles. The van der Waals surface area contributed by atoms with Crippen molar-refractivity contribution in [3.05, 3.63) is 109 Å². The summed E-state index contributed by atoms with van der Waals surface area (Å²) in [6, 6.07) is 0. The fourth-order valence-corrected chi connectivity index (χ4v) is 11.4.